The molecular weight excluding hydrogens is 274 g/mol. The number of aliphatic hydroxyl groups excluding tert-OH is 3. The minimum atomic E-state index is -2.45. The summed E-state index contributed by atoms with van der Waals surface area (Å²) in [6, 6.07) is -2.39. The molecule has 110 valence electrons. The number of carboxylic acid groups (broad SMARTS) is 2. The Labute approximate surface area is 113 Å². The Bertz CT molecular complexity index is 419. The van der Waals surface area contributed by atoms with Crippen molar-refractivity contribution < 1.29 is 35.1 Å². The highest BCUT2D eigenvalue weighted by molar-refractivity contribution is 5.84. The monoisotopic (exact) mass is 287 g/mol. The molecule has 0 aromatic heterocycles. The van der Waals surface area contributed by atoms with Crippen LogP contribution in [0.5, 0.6) is 0 Å². The first kappa shape index (κ1) is 17.8. The Morgan fingerprint density at radius 2 is 1.40 bits per heavy atom. The fourth-order valence-corrected chi connectivity index (χ4v) is 1.57. The molecule has 10 nitrogen and oxygen atoms in total. The molecule has 0 saturated heterocycles. The molecular formula is C10H13N3O7. The number of aliphatic carboxylic acids is 2. The molecule has 3 unspecified atom stereocenters. The summed E-state index contributed by atoms with van der Waals surface area (Å²) in [7, 11) is 0. The summed E-state index contributed by atoms with van der Waals surface area (Å²) in [4.78, 5) is 22.3. The van der Waals surface area contributed by atoms with Gasteiger partial charge in [-0.15, -0.1) is 0 Å². The molecule has 0 heterocycles. The van der Waals surface area contributed by atoms with E-state index in [1.54, 1.807) is 0 Å². The first-order chi connectivity index (χ1) is 9.35. The van der Waals surface area contributed by atoms with E-state index in [2.05, 4.69) is 0 Å². The van der Waals surface area contributed by atoms with Crippen LogP contribution in [0.3, 0.4) is 0 Å². The standard InChI is InChI=1S/C10H13N3O7/c11-1-5(3-14)13(6(2-12)4-15)7(9(17)18)8(16)10(19)20/h5-8,14-16H,3-4H2,(H,17,18)(H,19,20)/t5?,6?,7-,8?/m0/s1. The molecule has 0 aliphatic carbocycles. The van der Waals surface area contributed by atoms with Gasteiger partial charge in [0.25, 0.3) is 0 Å². The number of rotatable bonds is 8. The highest BCUT2D eigenvalue weighted by Crippen LogP contribution is 2.15. The van der Waals surface area contributed by atoms with Gasteiger partial charge in [0.15, 0.2) is 6.10 Å². The Morgan fingerprint density at radius 3 is 1.60 bits per heavy atom. The average Bonchev–Trinajstić information content (AvgIpc) is 2.40. The van der Waals surface area contributed by atoms with E-state index in [-0.39, 0.29) is 0 Å². The maximum absolute atomic E-state index is 11.1. The van der Waals surface area contributed by atoms with Crippen LogP contribution in [0.25, 0.3) is 0 Å². The summed E-state index contributed by atoms with van der Waals surface area (Å²) >= 11 is 0. The molecule has 4 atom stereocenters. The molecule has 0 amide bonds. The Morgan fingerprint density at radius 1 is 1.00 bits per heavy atom. The minimum absolute atomic E-state index is 0.459. The molecule has 0 spiro atoms. The van der Waals surface area contributed by atoms with Gasteiger partial charge in [0, 0.05) is 0 Å². The second-order valence-corrected chi connectivity index (χ2v) is 3.67. The molecule has 0 aromatic carbocycles. The molecule has 0 aliphatic rings. The van der Waals surface area contributed by atoms with Crippen molar-refractivity contribution in [2.75, 3.05) is 13.2 Å². The van der Waals surface area contributed by atoms with Gasteiger partial charge in [0.2, 0.25) is 0 Å². The lowest BCUT2D eigenvalue weighted by Crippen LogP contribution is -2.60. The third-order valence-electron chi connectivity index (χ3n) is 2.49. The Hall–Kier alpha value is -2.24. The highest BCUT2D eigenvalue weighted by Gasteiger charge is 2.43. The maximum atomic E-state index is 11.1. The third kappa shape index (κ3) is 3.88. The number of hydrogen-bond acceptors (Lipinski definition) is 8. The van der Waals surface area contributed by atoms with Gasteiger partial charge in [-0.25, -0.2) is 4.79 Å². The zero-order chi connectivity index (χ0) is 15.9. The van der Waals surface area contributed by atoms with Crippen LogP contribution in [0.4, 0.5) is 0 Å². The van der Waals surface area contributed by atoms with Crippen LogP contribution in [0.1, 0.15) is 0 Å². The van der Waals surface area contributed by atoms with Crippen molar-refractivity contribution in [1.29, 1.82) is 10.5 Å². The van der Waals surface area contributed by atoms with E-state index in [1.165, 1.54) is 12.1 Å². The van der Waals surface area contributed by atoms with E-state index in [9.17, 15) is 14.7 Å². The number of carbonyl (C=O) groups is 2. The molecule has 0 aliphatic heterocycles. The summed E-state index contributed by atoms with van der Waals surface area (Å²) in [5.41, 5.74) is 0. The summed E-state index contributed by atoms with van der Waals surface area (Å²) < 4.78 is 0. The molecule has 0 aromatic rings. The average molecular weight is 287 g/mol. The van der Waals surface area contributed by atoms with E-state index >= 15 is 0 Å². The van der Waals surface area contributed by atoms with Crippen LogP contribution < -0.4 is 0 Å². The number of nitrogens with zero attached hydrogens (tertiary/aromatic N) is 3. The van der Waals surface area contributed by atoms with Gasteiger partial charge in [0.05, 0.1) is 25.4 Å². The van der Waals surface area contributed by atoms with E-state index < -0.39 is 49.4 Å². The number of aliphatic hydroxyl groups is 3. The van der Waals surface area contributed by atoms with Crippen LogP contribution in [0, 0.1) is 22.7 Å². The molecule has 20 heavy (non-hydrogen) atoms. The quantitative estimate of drug-likeness (QED) is 0.307. The number of carboxylic acids is 2. The summed E-state index contributed by atoms with van der Waals surface area (Å²) in [5, 5.41) is 62.7. The van der Waals surface area contributed by atoms with Crippen molar-refractivity contribution in [3.05, 3.63) is 0 Å². The van der Waals surface area contributed by atoms with E-state index in [1.807, 2.05) is 0 Å². The summed E-state index contributed by atoms with van der Waals surface area (Å²) in [6.45, 7) is -1.82. The second-order valence-electron chi connectivity index (χ2n) is 3.67. The zero-order valence-corrected chi connectivity index (χ0v) is 10.1. The van der Waals surface area contributed by atoms with Crippen molar-refractivity contribution in [2.45, 2.75) is 24.2 Å². The lowest BCUT2D eigenvalue weighted by atomic mass is 10.0. The zero-order valence-electron chi connectivity index (χ0n) is 10.1. The fraction of sp³-hybridized carbons (Fsp3) is 0.600. The van der Waals surface area contributed by atoms with Crippen LogP contribution in [0.15, 0.2) is 0 Å². The molecule has 0 bridgehead atoms. The van der Waals surface area contributed by atoms with Gasteiger partial charge in [-0.1, -0.05) is 0 Å². The van der Waals surface area contributed by atoms with Gasteiger partial charge in [-0.05, 0) is 0 Å². The van der Waals surface area contributed by atoms with Gasteiger partial charge in [-0.3, -0.25) is 9.69 Å². The molecule has 5 N–H and O–H groups in total. The molecule has 0 fully saturated rings. The predicted octanol–water partition coefficient (Wildman–Crippen LogP) is -3.04. The number of nitriles is 2. The topological polar surface area (TPSA) is 186 Å². The van der Waals surface area contributed by atoms with Crippen molar-refractivity contribution in [2.24, 2.45) is 0 Å². The highest BCUT2D eigenvalue weighted by atomic mass is 16.4. The molecule has 0 radical (unpaired) electrons. The summed E-state index contributed by atoms with van der Waals surface area (Å²) in [5.74, 6) is -3.70. The second kappa shape index (κ2) is 8.04. The van der Waals surface area contributed by atoms with Gasteiger partial charge in [0.1, 0.15) is 18.1 Å². The van der Waals surface area contributed by atoms with E-state index in [4.69, 9.17) is 30.9 Å². The Kier molecular flexibility index (Phi) is 7.14. The summed E-state index contributed by atoms with van der Waals surface area (Å²) in [6.07, 6.45) is -2.45. The predicted molar refractivity (Wildman–Crippen MR) is 59.9 cm³/mol. The lowest BCUT2D eigenvalue weighted by Gasteiger charge is -2.35. The largest absolute Gasteiger partial charge is 0.480 e. The SMILES string of the molecule is N#CC(CO)N(C(C#N)CO)[C@H](C(=O)O)C(O)C(=O)O. The smallest absolute Gasteiger partial charge is 0.334 e. The Balaban J connectivity index is 5.78. The van der Waals surface area contributed by atoms with Crippen LogP contribution in [-0.2, 0) is 9.59 Å². The molecule has 0 saturated carbocycles. The van der Waals surface area contributed by atoms with Gasteiger partial charge in [-0.2, -0.15) is 10.5 Å². The normalized spacial score (nSPS) is 16.5. The van der Waals surface area contributed by atoms with Crippen molar-refractivity contribution in [3.8, 4) is 12.1 Å². The van der Waals surface area contributed by atoms with E-state index in [0.29, 0.717) is 4.90 Å². The van der Waals surface area contributed by atoms with Crippen molar-refractivity contribution >= 4 is 11.9 Å². The third-order valence-corrected chi connectivity index (χ3v) is 2.49. The fourth-order valence-electron chi connectivity index (χ4n) is 1.57. The van der Waals surface area contributed by atoms with Crippen LogP contribution >= 0.6 is 0 Å². The van der Waals surface area contributed by atoms with Crippen LogP contribution in [-0.4, -0.2) is 79.8 Å². The van der Waals surface area contributed by atoms with Crippen LogP contribution in [0.2, 0.25) is 0 Å². The number of hydrogen-bond donors (Lipinski definition) is 5. The lowest BCUT2D eigenvalue weighted by molar-refractivity contribution is -0.164. The minimum Gasteiger partial charge on any atom is -0.480 e. The first-order valence-electron chi connectivity index (χ1n) is 5.27. The van der Waals surface area contributed by atoms with Crippen molar-refractivity contribution in [1.82, 2.24) is 4.90 Å². The molecule has 10 heteroatoms. The molecule has 0 rings (SSSR count). The van der Waals surface area contributed by atoms with Gasteiger partial charge < -0.3 is 25.5 Å². The maximum Gasteiger partial charge on any atom is 0.334 e. The van der Waals surface area contributed by atoms with E-state index in [0.717, 1.165) is 0 Å². The van der Waals surface area contributed by atoms with Gasteiger partial charge >= 0.3 is 11.9 Å². The first-order valence-corrected chi connectivity index (χ1v) is 5.27. The van der Waals surface area contributed by atoms with Crippen molar-refractivity contribution in [3.63, 3.8) is 0 Å².